The van der Waals surface area contributed by atoms with E-state index in [-0.39, 0.29) is 0 Å². The molecule has 2 rings (SSSR count). The Kier molecular flexibility index (Phi) is 4.45. The Morgan fingerprint density at radius 1 is 1.13 bits per heavy atom. The predicted molar refractivity (Wildman–Crippen MR) is 63.0 cm³/mol. The SMILES string of the molecule is CCCCOCCNC(C1CC1)C1CC1. The third kappa shape index (κ3) is 4.12. The van der Waals surface area contributed by atoms with Crippen LogP contribution >= 0.6 is 0 Å². The molecule has 2 aliphatic rings. The van der Waals surface area contributed by atoms with Gasteiger partial charge < -0.3 is 10.1 Å². The van der Waals surface area contributed by atoms with E-state index in [0.717, 1.165) is 37.6 Å². The van der Waals surface area contributed by atoms with Crippen molar-refractivity contribution in [3.8, 4) is 0 Å². The third-order valence-corrected chi connectivity index (χ3v) is 3.53. The van der Waals surface area contributed by atoms with Crippen LogP contribution in [0, 0.1) is 11.8 Å². The van der Waals surface area contributed by atoms with Crippen molar-refractivity contribution < 1.29 is 4.74 Å². The van der Waals surface area contributed by atoms with Gasteiger partial charge in [0, 0.05) is 19.2 Å². The zero-order valence-electron chi connectivity index (χ0n) is 10.0. The summed E-state index contributed by atoms with van der Waals surface area (Å²) in [5.41, 5.74) is 0. The van der Waals surface area contributed by atoms with Crippen LogP contribution in [0.4, 0.5) is 0 Å². The molecular weight excluding hydrogens is 186 g/mol. The van der Waals surface area contributed by atoms with Crippen LogP contribution in [-0.2, 0) is 4.74 Å². The molecule has 0 aromatic heterocycles. The van der Waals surface area contributed by atoms with Gasteiger partial charge in [0.1, 0.15) is 0 Å². The van der Waals surface area contributed by atoms with Crippen molar-refractivity contribution in [3.63, 3.8) is 0 Å². The van der Waals surface area contributed by atoms with Crippen LogP contribution in [0.15, 0.2) is 0 Å². The lowest BCUT2D eigenvalue weighted by Gasteiger charge is -2.17. The topological polar surface area (TPSA) is 21.3 Å². The summed E-state index contributed by atoms with van der Waals surface area (Å²) in [6.07, 6.45) is 8.29. The Morgan fingerprint density at radius 2 is 1.80 bits per heavy atom. The van der Waals surface area contributed by atoms with Crippen LogP contribution in [0.25, 0.3) is 0 Å². The Bertz CT molecular complexity index is 163. The van der Waals surface area contributed by atoms with Gasteiger partial charge in [-0.2, -0.15) is 0 Å². The Labute approximate surface area is 93.8 Å². The highest BCUT2D eigenvalue weighted by Gasteiger charge is 2.40. The summed E-state index contributed by atoms with van der Waals surface area (Å²) < 4.78 is 5.56. The minimum absolute atomic E-state index is 0.833. The molecule has 0 atom stereocenters. The van der Waals surface area contributed by atoms with E-state index < -0.39 is 0 Å². The molecule has 0 aliphatic heterocycles. The minimum atomic E-state index is 0.833. The highest BCUT2D eigenvalue weighted by molar-refractivity contribution is 4.96. The molecule has 0 aromatic rings. The molecule has 0 unspecified atom stereocenters. The van der Waals surface area contributed by atoms with Crippen LogP contribution in [0.1, 0.15) is 45.4 Å². The number of nitrogens with one attached hydrogen (secondary N) is 1. The summed E-state index contributed by atoms with van der Waals surface area (Å²) in [7, 11) is 0. The van der Waals surface area contributed by atoms with Crippen LogP contribution in [0.5, 0.6) is 0 Å². The summed E-state index contributed by atoms with van der Waals surface area (Å²) in [5, 5.41) is 3.70. The average Bonchev–Trinajstić information content (AvgIpc) is 3.09. The molecule has 0 bridgehead atoms. The highest BCUT2D eigenvalue weighted by atomic mass is 16.5. The van der Waals surface area contributed by atoms with E-state index in [0.29, 0.717) is 0 Å². The fourth-order valence-electron chi connectivity index (χ4n) is 2.28. The van der Waals surface area contributed by atoms with Crippen LogP contribution in [0.3, 0.4) is 0 Å². The molecule has 2 aliphatic carbocycles. The number of unbranched alkanes of at least 4 members (excludes halogenated alkanes) is 1. The van der Waals surface area contributed by atoms with Crippen molar-refractivity contribution >= 4 is 0 Å². The maximum atomic E-state index is 5.56. The van der Waals surface area contributed by atoms with Crippen molar-refractivity contribution in [1.29, 1.82) is 0 Å². The van der Waals surface area contributed by atoms with E-state index in [1.54, 1.807) is 0 Å². The lowest BCUT2D eigenvalue weighted by atomic mass is 10.1. The molecule has 2 fully saturated rings. The number of hydrogen-bond donors (Lipinski definition) is 1. The fourth-order valence-corrected chi connectivity index (χ4v) is 2.28. The van der Waals surface area contributed by atoms with Gasteiger partial charge in [0.15, 0.2) is 0 Å². The monoisotopic (exact) mass is 211 g/mol. The van der Waals surface area contributed by atoms with Crippen LogP contribution in [0.2, 0.25) is 0 Å². The molecule has 0 amide bonds. The van der Waals surface area contributed by atoms with Crippen LogP contribution in [-0.4, -0.2) is 25.8 Å². The first-order chi connectivity index (χ1) is 7.42. The predicted octanol–water partition coefficient (Wildman–Crippen LogP) is 2.58. The first-order valence-corrected chi connectivity index (χ1v) is 6.73. The van der Waals surface area contributed by atoms with Crippen molar-refractivity contribution in [2.75, 3.05) is 19.8 Å². The first-order valence-electron chi connectivity index (χ1n) is 6.73. The Morgan fingerprint density at radius 3 is 2.33 bits per heavy atom. The molecule has 15 heavy (non-hydrogen) atoms. The van der Waals surface area contributed by atoms with Gasteiger partial charge in [-0.1, -0.05) is 13.3 Å². The van der Waals surface area contributed by atoms with Gasteiger partial charge >= 0.3 is 0 Å². The highest BCUT2D eigenvalue weighted by Crippen LogP contribution is 2.44. The van der Waals surface area contributed by atoms with E-state index >= 15 is 0 Å². The van der Waals surface area contributed by atoms with Gasteiger partial charge in [-0.25, -0.2) is 0 Å². The summed E-state index contributed by atoms with van der Waals surface area (Å²) in [4.78, 5) is 0. The Balaban J connectivity index is 1.48. The normalized spacial score (nSPS) is 21.2. The van der Waals surface area contributed by atoms with E-state index in [1.165, 1.54) is 38.5 Å². The molecule has 0 aromatic carbocycles. The number of hydrogen-bond acceptors (Lipinski definition) is 2. The fraction of sp³-hybridized carbons (Fsp3) is 1.00. The number of ether oxygens (including phenoxy) is 1. The second kappa shape index (κ2) is 5.86. The van der Waals surface area contributed by atoms with E-state index in [1.807, 2.05) is 0 Å². The van der Waals surface area contributed by atoms with Crippen molar-refractivity contribution in [2.45, 2.75) is 51.5 Å². The zero-order valence-corrected chi connectivity index (χ0v) is 10.0. The van der Waals surface area contributed by atoms with Gasteiger partial charge in [-0.3, -0.25) is 0 Å². The summed E-state index contributed by atoms with van der Waals surface area (Å²) in [5.74, 6) is 2.02. The minimum Gasteiger partial charge on any atom is -0.380 e. The van der Waals surface area contributed by atoms with Gasteiger partial charge in [0.2, 0.25) is 0 Å². The van der Waals surface area contributed by atoms with Gasteiger partial charge in [-0.05, 0) is 43.9 Å². The van der Waals surface area contributed by atoms with Crippen molar-refractivity contribution in [2.24, 2.45) is 11.8 Å². The third-order valence-electron chi connectivity index (χ3n) is 3.53. The first kappa shape index (κ1) is 11.4. The molecule has 88 valence electrons. The molecule has 0 heterocycles. The van der Waals surface area contributed by atoms with Gasteiger partial charge in [0.05, 0.1) is 6.61 Å². The molecule has 2 saturated carbocycles. The second-order valence-electron chi connectivity index (χ2n) is 5.12. The summed E-state index contributed by atoms with van der Waals surface area (Å²) in [6.45, 7) is 5.10. The lowest BCUT2D eigenvalue weighted by Crippen LogP contribution is -2.35. The standard InChI is InChI=1S/C13H25NO/c1-2-3-9-15-10-8-14-13(11-4-5-11)12-6-7-12/h11-14H,2-10H2,1H3. The molecule has 0 radical (unpaired) electrons. The Hall–Kier alpha value is -0.0800. The maximum absolute atomic E-state index is 5.56. The van der Waals surface area contributed by atoms with Crippen LogP contribution < -0.4 is 5.32 Å². The summed E-state index contributed by atoms with van der Waals surface area (Å²) >= 11 is 0. The smallest absolute Gasteiger partial charge is 0.0591 e. The molecule has 0 saturated heterocycles. The number of rotatable bonds is 9. The van der Waals surface area contributed by atoms with Crippen molar-refractivity contribution in [3.05, 3.63) is 0 Å². The zero-order chi connectivity index (χ0) is 10.5. The second-order valence-corrected chi connectivity index (χ2v) is 5.12. The molecule has 0 spiro atoms. The van der Waals surface area contributed by atoms with Gasteiger partial charge in [0.25, 0.3) is 0 Å². The van der Waals surface area contributed by atoms with E-state index in [9.17, 15) is 0 Å². The summed E-state index contributed by atoms with van der Waals surface area (Å²) in [6, 6.07) is 0.833. The van der Waals surface area contributed by atoms with Gasteiger partial charge in [-0.15, -0.1) is 0 Å². The van der Waals surface area contributed by atoms with E-state index in [4.69, 9.17) is 4.74 Å². The molecule has 1 N–H and O–H groups in total. The quantitative estimate of drug-likeness (QED) is 0.592. The van der Waals surface area contributed by atoms with E-state index in [2.05, 4.69) is 12.2 Å². The largest absolute Gasteiger partial charge is 0.380 e. The average molecular weight is 211 g/mol. The molecular formula is C13H25NO. The lowest BCUT2D eigenvalue weighted by molar-refractivity contribution is 0.129. The maximum Gasteiger partial charge on any atom is 0.0591 e. The molecule has 2 heteroatoms. The van der Waals surface area contributed by atoms with Crippen molar-refractivity contribution in [1.82, 2.24) is 5.32 Å². The molecule has 2 nitrogen and oxygen atoms in total.